The Morgan fingerprint density at radius 2 is 2.00 bits per heavy atom. The van der Waals surface area contributed by atoms with Gasteiger partial charge >= 0.3 is 0 Å². The molecule has 0 N–H and O–H groups in total. The van der Waals surface area contributed by atoms with Crippen LogP contribution in [0.2, 0.25) is 0 Å². The van der Waals surface area contributed by atoms with Crippen LogP contribution >= 0.6 is 0 Å². The molecule has 5 heteroatoms. The average Bonchev–Trinajstić information content (AvgIpc) is 2.47. The average molecular weight is 297 g/mol. The molecule has 1 aromatic carbocycles. The van der Waals surface area contributed by atoms with Crippen LogP contribution < -0.4 is 5.56 Å². The Morgan fingerprint density at radius 1 is 1.14 bits per heavy atom. The van der Waals surface area contributed by atoms with Gasteiger partial charge < -0.3 is 0 Å². The first kappa shape index (κ1) is 14.4. The second-order valence-electron chi connectivity index (χ2n) is 5.32. The fourth-order valence-electron chi connectivity index (χ4n) is 2.46. The number of aromatic nitrogens is 2. The Hall–Kier alpha value is -2.53. The standard InChI is InChI=1S/C17H16FN3O/c1-20(11-13-5-4-6-14(18)9-13)12-15-10-17(22)21-8-3-2-7-16(21)19-15/h2-10H,11-12H2,1H3. The van der Waals surface area contributed by atoms with Crippen LogP contribution in [-0.2, 0) is 13.1 Å². The van der Waals surface area contributed by atoms with Crippen LogP contribution in [0.25, 0.3) is 5.65 Å². The third-order valence-electron chi connectivity index (χ3n) is 3.40. The topological polar surface area (TPSA) is 37.6 Å². The third kappa shape index (κ3) is 3.20. The van der Waals surface area contributed by atoms with Crippen LogP contribution in [0.15, 0.2) is 59.5 Å². The summed E-state index contributed by atoms with van der Waals surface area (Å²) in [5.74, 6) is -0.243. The molecule has 4 nitrogen and oxygen atoms in total. The Labute approximate surface area is 127 Å². The molecule has 0 unspecified atom stereocenters. The molecule has 0 spiro atoms. The number of nitrogens with zero attached hydrogens (tertiary/aromatic N) is 3. The second-order valence-corrected chi connectivity index (χ2v) is 5.32. The largest absolute Gasteiger partial charge is 0.296 e. The van der Waals surface area contributed by atoms with Gasteiger partial charge in [0.2, 0.25) is 0 Å². The molecule has 2 heterocycles. The van der Waals surface area contributed by atoms with E-state index >= 15 is 0 Å². The van der Waals surface area contributed by atoms with Crippen molar-refractivity contribution in [2.24, 2.45) is 0 Å². The van der Waals surface area contributed by atoms with Gasteiger partial charge in [-0.1, -0.05) is 18.2 Å². The van der Waals surface area contributed by atoms with Gasteiger partial charge in [0.15, 0.2) is 0 Å². The van der Waals surface area contributed by atoms with Gasteiger partial charge in [-0.2, -0.15) is 0 Å². The Balaban J connectivity index is 1.79. The van der Waals surface area contributed by atoms with Gasteiger partial charge in [-0.15, -0.1) is 0 Å². The summed E-state index contributed by atoms with van der Waals surface area (Å²) < 4.78 is 14.7. The minimum Gasteiger partial charge on any atom is -0.296 e. The van der Waals surface area contributed by atoms with Gasteiger partial charge in [-0.25, -0.2) is 9.37 Å². The molecule has 3 rings (SSSR count). The van der Waals surface area contributed by atoms with Gasteiger partial charge in [0, 0.05) is 25.4 Å². The summed E-state index contributed by atoms with van der Waals surface area (Å²) in [7, 11) is 1.92. The molecule has 2 aromatic heterocycles. The van der Waals surface area contributed by atoms with Gasteiger partial charge in [-0.3, -0.25) is 14.1 Å². The maximum absolute atomic E-state index is 13.2. The molecular formula is C17H16FN3O. The van der Waals surface area contributed by atoms with E-state index in [1.807, 2.05) is 24.1 Å². The Morgan fingerprint density at radius 3 is 2.82 bits per heavy atom. The molecule has 0 saturated heterocycles. The zero-order valence-corrected chi connectivity index (χ0v) is 12.2. The number of halogens is 1. The van der Waals surface area contributed by atoms with Gasteiger partial charge in [0.1, 0.15) is 11.5 Å². The zero-order valence-electron chi connectivity index (χ0n) is 12.2. The smallest absolute Gasteiger partial charge is 0.258 e. The maximum Gasteiger partial charge on any atom is 0.258 e. The summed E-state index contributed by atoms with van der Waals surface area (Å²) in [5.41, 5.74) is 2.12. The third-order valence-corrected chi connectivity index (χ3v) is 3.40. The molecule has 0 bridgehead atoms. The number of hydrogen-bond acceptors (Lipinski definition) is 3. The van der Waals surface area contributed by atoms with Crippen molar-refractivity contribution in [3.63, 3.8) is 0 Å². The quantitative estimate of drug-likeness (QED) is 0.742. The summed E-state index contributed by atoms with van der Waals surface area (Å²) in [4.78, 5) is 18.5. The Kier molecular flexibility index (Phi) is 3.98. The fourth-order valence-corrected chi connectivity index (χ4v) is 2.46. The van der Waals surface area contributed by atoms with E-state index in [2.05, 4.69) is 4.98 Å². The van der Waals surface area contributed by atoms with Gasteiger partial charge in [0.25, 0.3) is 5.56 Å². The van der Waals surface area contributed by atoms with Crippen molar-refractivity contribution in [1.82, 2.24) is 14.3 Å². The van der Waals surface area contributed by atoms with E-state index in [0.717, 1.165) is 5.56 Å². The van der Waals surface area contributed by atoms with E-state index in [1.165, 1.54) is 22.6 Å². The molecule has 22 heavy (non-hydrogen) atoms. The first-order valence-electron chi connectivity index (χ1n) is 7.02. The van der Waals surface area contributed by atoms with Crippen molar-refractivity contribution in [2.75, 3.05) is 7.05 Å². The first-order chi connectivity index (χ1) is 10.6. The number of rotatable bonds is 4. The highest BCUT2D eigenvalue weighted by atomic mass is 19.1. The number of fused-ring (bicyclic) bond motifs is 1. The van der Waals surface area contributed by atoms with E-state index < -0.39 is 0 Å². The lowest BCUT2D eigenvalue weighted by molar-refractivity contribution is 0.314. The number of pyridine rings is 1. The van der Waals surface area contributed by atoms with Gasteiger partial charge in [-0.05, 0) is 36.9 Å². The van der Waals surface area contributed by atoms with Crippen molar-refractivity contribution >= 4 is 5.65 Å². The highest BCUT2D eigenvalue weighted by Crippen LogP contribution is 2.08. The van der Waals surface area contributed by atoms with E-state index in [0.29, 0.717) is 24.4 Å². The monoisotopic (exact) mass is 297 g/mol. The van der Waals surface area contributed by atoms with E-state index in [9.17, 15) is 9.18 Å². The Bertz CT molecular complexity index is 860. The normalized spacial score (nSPS) is 11.2. The van der Waals surface area contributed by atoms with E-state index in [-0.39, 0.29) is 11.4 Å². The summed E-state index contributed by atoms with van der Waals surface area (Å²) in [5, 5.41) is 0. The van der Waals surface area contributed by atoms with E-state index in [4.69, 9.17) is 0 Å². The van der Waals surface area contributed by atoms with Crippen molar-refractivity contribution < 1.29 is 4.39 Å². The van der Waals surface area contributed by atoms with Crippen molar-refractivity contribution in [1.29, 1.82) is 0 Å². The number of benzene rings is 1. The molecule has 0 fully saturated rings. The molecule has 0 aliphatic carbocycles. The molecule has 0 atom stereocenters. The molecule has 112 valence electrons. The van der Waals surface area contributed by atoms with Crippen LogP contribution in [-0.4, -0.2) is 21.3 Å². The summed E-state index contributed by atoms with van der Waals surface area (Å²) >= 11 is 0. The van der Waals surface area contributed by atoms with Crippen LogP contribution in [0.4, 0.5) is 4.39 Å². The predicted molar refractivity (Wildman–Crippen MR) is 83.0 cm³/mol. The lowest BCUT2D eigenvalue weighted by atomic mass is 10.2. The minimum atomic E-state index is -0.243. The SMILES string of the molecule is CN(Cc1cccc(F)c1)Cc1cc(=O)n2ccccc2n1. The molecule has 0 saturated carbocycles. The van der Waals surface area contributed by atoms with Crippen molar-refractivity contribution in [3.8, 4) is 0 Å². The highest BCUT2D eigenvalue weighted by molar-refractivity contribution is 5.38. The molecular weight excluding hydrogens is 281 g/mol. The summed E-state index contributed by atoms with van der Waals surface area (Å²) in [6, 6.07) is 13.5. The van der Waals surface area contributed by atoms with E-state index in [1.54, 1.807) is 24.4 Å². The lowest BCUT2D eigenvalue weighted by Crippen LogP contribution is -2.21. The molecule has 0 radical (unpaired) electrons. The number of hydrogen-bond donors (Lipinski definition) is 0. The fraction of sp³-hybridized carbons (Fsp3) is 0.176. The summed E-state index contributed by atoms with van der Waals surface area (Å²) in [6.45, 7) is 1.12. The minimum absolute atomic E-state index is 0.0974. The first-order valence-corrected chi connectivity index (χ1v) is 7.02. The van der Waals surface area contributed by atoms with Crippen LogP contribution in [0.5, 0.6) is 0 Å². The summed E-state index contributed by atoms with van der Waals surface area (Å²) in [6.07, 6.45) is 1.70. The van der Waals surface area contributed by atoms with Gasteiger partial charge in [0.05, 0.1) is 5.69 Å². The highest BCUT2D eigenvalue weighted by Gasteiger charge is 2.06. The maximum atomic E-state index is 13.2. The van der Waals surface area contributed by atoms with Crippen molar-refractivity contribution in [3.05, 3.63) is 82.2 Å². The van der Waals surface area contributed by atoms with Crippen LogP contribution in [0.1, 0.15) is 11.3 Å². The molecule has 0 amide bonds. The zero-order chi connectivity index (χ0) is 15.5. The second kappa shape index (κ2) is 6.07. The molecule has 0 aliphatic rings. The molecule has 3 aromatic rings. The van der Waals surface area contributed by atoms with Crippen LogP contribution in [0.3, 0.4) is 0 Å². The molecule has 0 aliphatic heterocycles. The predicted octanol–water partition coefficient (Wildman–Crippen LogP) is 2.47. The van der Waals surface area contributed by atoms with Crippen LogP contribution in [0, 0.1) is 5.82 Å². The lowest BCUT2D eigenvalue weighted by Gasteiger charge is -2.16. The van der Waals surface area contributed by atoms with Crippen molar-refractivity contribution in [2.45, 2.75) is 13.1 Å².